The Bertz CT molecular complexity index is 1410. The van der Waals surface area contributed by atoms with E-state index >= 15 is 0 Å². The standard InChI is InChI=1S/C30H31N5O2/c1-35(2)28-25-14-8-9-15-26(25)33-30(34-28)32-22-18-16-21(17-19-22)31-29(37)24-13-7-6-12-23(24)27(36)20-10-4-3-5-11-20/h3-15,21-22H,16-19H2,1-2H3,(H,31,37)(H,32,33,34)/t21-,22+. The topological polar surface area (TPSA) is 87.2 Å². The second-order valence-corrected chi connectivity index (χ2v) is 9.69. The van der Waals surface area contributed by atoms with Gasteiger partial charge in [-0.15, -0.1) is 0 Å². The molecule has 1 amide bonds. The highest BCUT2D eigenvalue weighted by atomic mass is 16.2. The Morgan fingerprint density at radius 3 is 2.11 bits per heavy atom. The highest BCUT2D eigenvalue weighted by Crippen LogP contribution is 2.26. The average molecular weight is 494 g/mol. The number of aromatic nitrogens is 2. The van der Waals surface area contributed by atoms with Crippen LogP contribution in [0.3, 0.4) is 0 Å². The number of nitrogens with one attached hydrogen (secondary N) is 2. The molecule has 2 N–H and O–H groups in total. The number of anilines is 2. The predicted molar refractivity (Wildman–Crippen MR) is 147 cm³/mol. The van der Waals surface area contributed by atoms with Gasteiger partial charge in [0, 0.05) is 42.7 Å². The number of carbonyl (C=O) groups excluding carboxylic acids is 2. The van der Waals surface area contributed by atoms with E-state index in [-0.39, 0.29) is 23.8 Å². The Morgan fingerprint density at radius 1 is 0.757 bits per heavy atom. The molecule has 1 aliphatic rings. The van der Waals surface area contributed by atoms with Crippen molar-refractivity contribution < 1.29 is 9.59 Å². The number of amides is 1. The lowest BCUT2D eigenvalue weighted by Crippen LogP contribution is -2.40. The van der Waals surface area contributed by atoms with E-state index in [1.165, 1.54) is 0 Å². The molecule has 37 heavy (non-hydrogen) atoms. The summed E-state index contributed by atoms with van der Waals surface area (Å²) in [5, 5.41) is 7.69. The van der Waals surface area contributed by atoms with Crippen molar-refractivity contribution in [2.45, 2.75) is 37.8 Å². The zero-order valence-electron chi connectivity index (χ0n) is 21.1. The number of hydrogen-bond donors (Lipinski definition) is 2. The summed E-state index contributed by atoms with van der Waals surface area (Å²) in [6, 6.07) is 24.4. The van der Waals surface area contributed by atoms with Crippen LogP contribution >= 0.6 is 0 Å². The van der Waals surface area contributed by atoms with Crippen LogP contribution in [0.15, 0.2) is 78.9 Å². The Balaban J connectivity index is 1.22. The molecule has 0 unspecified atom stereocenters. The summed E-state index contributed by atoms with van der Waals surface area (Å²) in [6.07, 6.45) is 3.46. The van der Waals surface area contributed by atoms with Gasteiger partial charge in [-0.25, -0.2) is 4.98 Å². The summed E-state index contributed by atoms with van der Waals surface area (Å²) in [5.74, 6) is 1.16. The normalized spacial score (nSPS) is 17.2. The van der Waals surface area contributed by atoms with Crippen LogP contribution < -0.4 is 15.5 Å². The summed E-state index contributed by atoms with van der Waals surface area (Å²) < 4.78 is 0. The van der Waals surface area contributed by atoms with Crippen molar-refractivity contribution in [2.75, 3.05) is 24.3 Å². The summed E-state index contributed by atoms with van der Waals surface area (Å²) in [6.45, 7) is 0. The van der Waals surface area contributed by atoms with Gasteiger partial charge in [0.25, 0.3) is 5.91 Å². The number of nitrogens with zero attached hydrogens (tertiary/aromatic N) is 3. The zero-order valence-corrected chi connectivity index (χ0v) is 21.1. The summed E-state index contributed by atoms with van der Waals surface area (Å²) in [5.41, 5.74) is 2.32. The fraction of sp³-hybridized carbons (Fsp3) is 0.267. The first-order chi connectivity index (χ1) is 18.0. The maximum Gasteiger partial charge on any atom is 0.252 e. The van der Waals surface area contributed by atoms with Crippen LogP contribution in [-0.2, 0) is 0 Å². The molecule has 3 aromatic carbocycles. The van der Waals surface area contributed by atoms with Crippen molar-refractivity contribution in [3.63, 3.8) is 0 Å². The van der Waals surface area contributed by atoms with Crippen molar-refractivity contribution in [2.24, 2.45) is 0 Å². The number of para-hydroxylation sites is 1. The smallest absolute Gasteiger partial charge is 0.252 e. The second-order valence-electron chi connectivity index (χ2n) is 9.69. The molecule has 7 heteroatoms. The molecular weight excluding hydrogens is 462 g/mol. The largest absolute Gasteiger partial charge is 0.362 e. The maximum absolute atomic E-state index is 13.2. The number of fused-ring (bicyclic) bond motifs is 1. The third-order valence-electron chi connectivity index (χ3n) is 6.85. The molecular formula is C30H31N5O2. The minimum absolute atomic E-state index is 0.0558. The van der Waals surface area contributed by atoms with Gasteiger partial charge in [0.05, 0.1) is 11.1 Å². The number of carbonyl (C=O) groups is 2. The SMILES string of the molecule is CN(C)c1nc(N[C@H]2CC[C@@H](NC(=O)c3ccccc3C(=O)c3ccccc3)CC2)nc2ccccc12. The van der Waals surface area contributed by atoms with Gasteiger partial charge in [0.1, 0.15) is 5.82 Å². The minimum atomic E-state index is -0.204. The van der Waals surface area contributed by atoms with E-state index in [4.69, 9.17) is 9.97 Å². The van der Waals surface area contributed by atoms with Crippen molar-refractivity contribution in [3.05, 3.63) is 95.6 Å². The fourth-order valence-electron chi connectivity index (χ4n) is 4.92. The molecule has 1 fully saturated rings. The van der Waals surface area contributed by atoms with Gasteiger partial charge >= 0.3 is 0 Å². The van der Waals surface area contributed by atoms with Crippen LogP contribution in [-0.4, -0.2) is 47.8 Å². The molecule has 1 saturated carbocycles. The minimum Gasteiger partial charge on any atom is -0.362 e. The number of benzene rings is 3. The van der Waals surface area contributed by atoms with E-state index in [1.807, 2.05) is 61.5 Å². The number of ketones is 1. The van der Waals surface area contributed by atoms with Crippen LogP contribution in [0.1, 0.15) is 52.0 Å². The summed E-state index contributed by atoms with van der Waals surface area (Å²) in [7, 11) is 3.97. The molecule has 0 bridgehead atoms. The van der Waals surface area contributed by atoms with Gasteiger partial charge in [-0.3, -0.25) is 9.59 Å². The molecule has 1 heterocycles. The molecule has 0 spiro atoms. The highest BCUT2D eigenvalue weighted by Gasteiger charge is 2.25. The van der Waals surface area contributed by atoms with Crippen molar-refractivity contribution >= 4 is 34.4 Å². The molecule has 0 aliphatic heterocycles. The number of hydrogen-bond acceptors (Lipinski definition) is 6. The van der Waals surface area contributed by atoms with E-state index in [0.29, 0.717) is 22.6 Å². The monoisotopic (exact) mass is 493 g/mol. The third kappa shape index (κ3) is 5.45. The quantitative estimate of drug-likeness (QED) is 0.349. The lowest BCUT2D eigenvalue weighted by Gasteiger charge is -2.30. The van der Waals surface area contributed by atoms with E-state index < -0.39 is 0 Å². The zero-order chi connectivity index (χ0) is 25.8. The van der Waals surface area contributed by atoms with Crippen molar-refractivity contribution in [1.82, 2.24) is 15.3 Å². The van der Waals surface area contributed by atoms with E-state index in [1.54, 1.807) is 36.4 Å². The van der Waals surface area contributed by atoms with Gasteiger partial charge < -0.3 is 15.5 Å². The Labute approximate surface area is 216 Å². The van der Waals surface area contributed by atoms with Gasteiger partial charge in [0.2, 0.25) is 5.95 Å². The van der Waals surface area contributed by atoms with Gasteiger partial charge in [-0.05, 0) is 43.9 Å². The molecule has 4 aromatic rings. The lowest BCUT2D eigenvalue weighted by molar-refractivity contribution is 0.0917. The van der Waals surface area contributed by atoms with Crippen LogP contribution in [0.5, 0.6) is 0 Å². The Morgan fingerprint density at radius 2 is 1.38 bits per heavy atom. The van der Waals surface area contributed by atoms with Crippen molar-refractivity contribution in [1.29, 1.82) is 0 Å². The summed E-state index contributed by atoms with van der Waals surface area (Å²) >= 11 is 0. The molecule has 7 nitrogen and oxygen atoms in total. The summed E-state index contributed by atoms with van der Waals surface area (Å²) in [4.78, 5) is 37.7. The Kier molecular flexibility index (Phi) is 7.12. The fourth-order valence-corrected chi connectivity index (χ4v) is 4.92. The molecule has 0 radical (unpaired) electrons. The first-order valence-corrected chi connectivity index (χ1v) is 12.7. The van der Waals surface area contributed by atoms with Crippen molar-refractivity contribution in [3.8, 4) is 0 Å². The molecule has 0 atom stereocenters. The Hall–Kier alpha value is -4.26. The van der Waals surface area contributed by atoms with Crippen LogP contribution in [0, 0.1) is 0 Å². The predicted octanol–water partition coefficient (Wildman–Crippen LogP) is 5.08. The van der Waals surface area contributed by atoms with Gasteiger partial charge in [-0.1, -0.05) is 60.7 Å². The third-order valence-corrected chi connectivity index (χ3v) is 6.85. The first kappa shape index (κ1) is 24.4. The highest BCUT2D eigenvalue weighted by molar-refractivity contribution is 6.15. The molecule has 5 rings (SSSR count). The maximum atomic E-state index is 13.2. The van der Waals surface area contributed by atoms with E-state index in [2.05, 4.69) is 10.6 Å². The van der Waals surface area contributed by atoms with Crippen LogP contribution in [0.25, 0.3) is 10.9 Å². The van der Waals surface area contributed by atoms with E-state index in [9.17, 15) is 9.59 Å². The lowest BCUT2D eigenvalue weighted by atomic mass is 9.90. The van der Waals surface area contributed by atoms with Gasteiger partial charge in [0.15, 0.2) is 5.78 Å². The molecule has 1 aromatic heterocycles. The van der Waals surface area contributed by atoms with E-state index in [0.717, 1.165) is 42.4 Å². The molecule has 0 saturated heterocycles. The first-order valence-electron chi connectivity index (χ1n) is 12.7. The second kappa shape index (κ2) is 10.8. The van der Waals surface area contributed by atoms with Crippen LogP contribution in [0.2, 0.25) is 0 Å². The number of rotatable bonds is 7. The average Bonchev–Trinajstić information content (AvgIpc) is 2.93. The molecule has 188 valence electrons. The van der Waals surface area contributed by atoms with Gasteiger partial charge in [-0.2, -0.15) is 4.98 Å². The molecule has 1 aliphatic carbocycles. The van der Waals surface area contributed by atoms with Crippen LogP contribution in [0.4, 0.5) is 11.8 Å².